The van der Waals surface area contributed by atoms with Gasteiger partial charge < -0.3 is 20.7 Å². The molecule has 0 fully saturated rings. The summed E-state index contributed by atoms with van der Waals surface area (Å²) < 4.78 is 19.6. The topological polar surface area (TPSA) is 113 Å². The van der Waals surface area contributed by atoms with E-state index in [-0.39, 0.29) is 22.2 Å². The van der Waals surface area contributed by atoms with Gasteiger partial charge in [-0.2, -0.15) is 0 Å². The van der Waals surface area contributed by atoms with E-state index in [1.165, 1.54) is 19.1 Å². The molecule has 1 atom stereocenters. The van der Waals surface area contributed by atoms with Gasteiger partial charge in [-0.3, -0.25) is 4.79 Å². The highest BCUT2D eigenvalue weighted by Crippen LogP contribution is 2.31. The number of benzene rings is 1. The van der Waals surface area contributed by atoms with Crippen LogP contribution in [0.15, 0.2) is 17.0 Å². The molecular weight excluding hydrogens is 220 g/mol. The molecule has 0 saturated carbocycles. The second-order valence-corrected chi connectivity index (χ2v) is 3.78. The lowest BCUT2D eigenvalue weighted by Gasteiger charge is -2.08. The van der Waals surface area contributed by atoms with Crippen LogP contribution in [0, 0.1) is 0 Å². The molecule has 1 unspecified atom stereocenters. The molecule has 0 saturated heterocycles. The number of nitrogen functional groups attached to an aromatic ring is 1. The number of nitrogens with two attached hydrogens (primary N) is 1. The fourth-order valence-corrected chi connectivity index (χ4v) is 1.55. The molecule has 0 aromatic heterocycles. The van der Waals surface area contributed by atoms with Crippen molar-refractivity contribution in [3.8, 4) is 5.75 Å². The highest BCUT2D eigenvalue weighted by Gasteiger charge is 2.12. The molecule has 5 N–H and O–H groups in total. The number of hydrogen-bond donors (Lipinski definition) is 4. The van der Waals surface area contributed by atoms with Crippen molar-refractivity contribution in [1.82, 2.24) is 0 Å². The molecule has 0 aliphatic heterocycles. The predicted octanol–water partition coefficient (Wildman–Crippen LogP) is 0.513. The summed E-state index contributed by atoms with van der Waals surface area (Å²) in [6.07, 6.45) is 0. The highest BCUT2D eigenvalue weighted by atomic mass is 32.2. The number of amides is 1. The van der Waals surface area contributed by atoms with E-state index < -0.39 is 16.8 Å². The first-order chi connectivity index (χ1) is 6.91. The molecule has 1 aromatic rings. The first-order valence-corrected chi connectivity index (χ1v) is 5.03. The van der Waals surface area contributed by atoms with Gasteiger partial charge in [-0.15, -0.1) is 0 Å². The molecule has 0 heterocycles. The summed E-state index contributed by atoms with van der Waals surface area (Å²) in [4.78, 5) is 10.5. The van der Waals surface area contributed by atoms with E-state index in [1.807, 2.05) is 0 Å². The van der Waals surface area contributed by atoms with E-state index in [4.69, 9.17) is 10.3 Å². The molecule has 0 spiro atoms. The Bertz CT molecular complexity index is 433. The van der Waals surface area contributed by atoms with E-state index >= 15 is 0 Å². The van der Waals surface area contributed by atoms with Crippen molar-refractivity contribution in [2.24, 2.45) is 0 Å². The Hall–Kier alpha value is -1.60. The SMILES string of the molecule is CC(=O)Nc1cc(N)c(O)c(S(=O)O)c1. The molecule has 1 rings (SSSR count). The van der Waals surface area contributed by atoms with Crippen LogP contribution in [0.2, 0.25) is 0 Å². The fourth-order valence-electron chi connectivity index (χ4n) is 1.04. The van der Waals surface area contributed by atoms with Gasteiger partial charge in [-0.1, -0.05) is 0 Å². The first-order valence-electron chi connectivity index (χ1n) is 3.92. The van der Waals surface area contributed by atoms with Crippen LogP contribution in [0.1, 0.15) is 6.92 Å². The third-order valence-corrected chi connectivity index (χ3v) is 2.30. The summed E-state index contributed by atoms with van der Waals surface area (Å²) in [5.74, 6) is -0.792. The zero-order valence-electron chi connectivity index (χ0n) is 7.85. The van der Waals surface area contributed by atoms with Gasteiger partial charge in [0.05, 0.1) is 5.69 Å². The van der Waals surface area contributed by atoms with E-state index in [0.29, 0.717) is 0 Å². The molecule has 6 nitrogen and oxygen atoms in total. The second kappa shape index (κ2) is 4.28. The van der Waals surface area contributed by atoms with Crippen molar-refractivity contribution in [2.45, 2.75) is 11.8 Å². The molecule has 1 amide bonds. The van der Waals surface area contributed by atoms with Gasteiger partial charge in [0.2, 0.25) is 5.91 Å². The number of rotatable bonds is 2. The number of hydrogen-bond acceptors (Lipinski definition) is 4. The molecule has 1 aromatic carbocycles. The van der Waals surface area contributed by atoms with Gasteiger partial charge >= 0.3 is 0 Å². The molecule has 15 heavy (non-hydrogen) atoms. The Kier molecular flexibility index (Phi) is 3.28. The summed E-state index contributed by atoms with van der Waals surface area (Å²) in [6, 6.07) is 2.48. The molecule has 0 bridgehead atoms. The average molecular weight is 230 g/mol. The smallest absolute Gasteiger partial charge is 0.221 e. The van der Waals surface area contributed by atoms with Crippen LogP contribution in [0.3, 0.4) is 0 Å². The summed E-state index contributed by atoms with van der Waals surface area (Å²) in [6.45, 7) is 1.29. The number of nitrogens with one attached hydrogen (secondary N) is 1. The minimum absolute atomic E-state index is 0.0707. The fraction of sp³-hybridized carbons (Fsp3) is 0.125. The Morgan fingerprint density at radius 1 is 1.53 bits per heavy atom. The second-order valence-electron chi connectivity index (χ2n) is 2.84. The summed E-state index contributed by atoms with van der Waals surface area (Å²) >= 11 is -2.36. The largest absolute Gasteiger partial charge is 0.504 e. The highest BCUT2D eigenvalue weighted by molar-refractivity contribution is 7.79. The van der Waals surface area contributed by atoms with Crippen LogP contribution in [0.25, 0.3) is 0 Å². The van der Waals surface area contributed by atoms with Crippen LogP contribution in [0.5, 0.6) is 5.75 Å². The Labute approximate surface area is 88.4 Å². The Balaban J connectivity index is 3.23. The number of phenolic OH excluding ortho intramolecular Hbond substituents is 1. The van der Waals surface area contributed by atoms with Crippen LogP contribution >= 0.6 is 0 Å². The molecule has 0 radical (unpaired) electrons. The first kappa shape index (κ1) is 11.5. The van der Waals surface area contributed by atoms with Crippen LogP contribution in [-0.2, 0) is 15.9 Å². The maximum absolute atomic E-state index is 10.8. The zero-order valence-corrected chi connectivity index (χ0v) is 8.67. The molecule has 7 heteroatoms. The van der Waals surface area contributed by atoms with Crippen LogP contribution in [-0.4, -0.2) is 19.8 Å². The molecule has 0 aliphatic carbocycles. The predicted molar refractivity (Wildman–Crippen MR) is 55.9 cm³/mol. The lowest BCUT2D eigenvalue weighted by atomic mass is 10.2. The lowest BCUT2D eigenvalue weighted by Crippen LogP contribution is -2.07. The van der Waals surface area contributed by atoms with Gasteiger partial charge in [0.1, 0.15) is 4.90 Å². The Morgan fingerprint density at radius 2 is 2.13 bits per heavy atom. The third-order valence-electron chi connectivity index (χ3n) is 1.61. The van der Waals surface area contributed by atoms with Crippen LogP contribution in [0.4, 0.5) is 11.4 Å². The Morgan fingerprint density at radius 3 is 2.60 bits per heavy atom. The summed E-state index contributed by atoms with van der Waals surface area (Å²) in [5, 5.41) is 11.7. The zero-order chi connectivity index (χ0) is 11.6. The minimum Gasteiger partial charge on any atom is -0.504 e. The number of carbonyl (C=O) groups is 1. The van der Waals surface area contributed by atoms with E-state index in [0.717, 1.165) is 0 Å². The van der Waals surface area contributed by atoms with Crippen molar-refractivity contribution < 1.29 is 18.7 Å². The van der Waals surface area contributed by atoms with Gasteiger partial charge in [-0.05, 0) is 12.1 Å². The molecule has 82 valence electrons. The maximum atomic E-state index is 10.8. The monoisotopic (exact) mass is 230 g/mol. The van der Waals surface area contributed by atoms with E-state index in [2.05, 4.69) is 5.32 Å². The summed E-state index contributed by atoms with van der Waals surface area (Å²) in [7, 11) is 0. The van der Waals surface area contributed by atoms with E-state index in [9.17, 15) is 14.1 Å². The third kappa shape index (κ3) is 2.67. The number of phenols is 1. The quantitative estimate of drug-likeness (QED) is 0.256. The van der Waals surface area contributed by atoms with Crippen molar-refractivity contribution in [3.63, 3.8) is 0 Å². The van der Waals surface area contributed by atoms with Gasteiger partial charge in [-0.25, -0.2) is 4.21 Å². The number of aromatic hydroxyl groups is 1. The standard InChI is InChI=1S/C8H10N2O4S/c1-4(11)10-5-2-6(9)8(12)7(3-5)15(13)14/h2-3,12H,9H2,1H3,(H,10,11)(H,13,14). The van der Waals surface area contributed by atoms with Crippen molar-refractivity contribution >= 4 is 28.4 Å². The number of carbonyl (C=O) groups excluding carboxylic acids is 1. The lowest BCUT2D eigenvalue weighted by molar-refractivity contribution is -0.114. The van der Waals surface area contributed by atoms with Gasteiger partial charge in [0.15, 0.2) is 16.8 Å². The average Bonchev–Trinajstić information content (AvgIpc) is 2.09. The van der Waals surface area contributed by atoms with Crippen molar-refractivity contribution in [2.75, 3.05) is 11.1 Å². The van der Waals surface area contributed by atoms with Gasteiger partial charge in [0, 0.05) is 12.6 Å². The maximum Gasteiger partial charge on any atom is 0.221 e. The normalized spacial score (nSPS) is 12.1. The minimum atomic E-state index is -2.36. The molecule has 0 aliphatic rings. The molecular formula is C8H10N2O4S. The van der Waals surface area contributed by atoms with Crippen molar-refractivity contribution in [1.29, 1.82) is 0 Å². The number of anilines is 2. The van der Waals surface area contributed by atoms with Crippen molar-refractivity contribution in [3.05, 3.63) is 12.1 Å². The van der Waals surface area contributed by atoms with E-state index in [1.54, 1.807) is 0 Å². The van der Waals surface area contributed by atoms with Crippen LogP contribution < -0.4 is 11.1 Å². The van der Waals surface area contributed by atoms with Gasteiger partial charge in [0.25, 0.3) is 0 Å². The summed E-state index contributed by atoms with van der Waals surface area (Å²) in [5.41, 5.74) is 5.58.